The second-order valence-electron chi connectivity index (χ2n) is 8.23. The monoisotopic (exact) mass is 521 g/mol. The van der Waals surface area contributed by atoms with Gasteiger partial charge in [-0.05, 0) is 23.3 Å². The minimum Gasteiger partial charge on any atom is -0.481 e. The van der Waals surface area contributed by atoms with Crippen LogP contribution in [0.3, 0.4) is 0 Å². The van der Waals surface area contributed by atoms with Crippen LogP contribution in [0.2, 0.25) is 5.02 Å². The van der Waals surface area contributed by atoms with Gasteiger partial charge in [-0.25, -0.2) is 4.79 Å². The number of carboxylic acid groups (broad SMARTS) is 3. The van der Waals surface area contributed by atoms with Crippen LogP contribution < -0.4 is 5.73 Å². The van der Waals surface area contributed by atoms with Gasteiger partial charge in [0.1, 0.15) is 12.6 Å². The number of hydrogen-bond acceptors (Lipinski definition) is 7. The van der Waals surface area contributed by atoms with Crippen LogP contribution in [0, 0.1) is 0 Å². The summed E-state index contributed by atoms with van der Waals surface area (Å²) in [6.45, 7) is 4.75. The molecule has 0 radical (unpaired) electrons. The van der Waals surface area contributed by atoms with Crippen molar-refractivity contribution in [1.29, 1.82) is 0 Å². The first kappa shape index (κ1) is 29.2. The molecule has 11 heteroatoms. The molecule has 2 atom stereocenters. The fraction of sp³-hybridized carbons (Fsp3) is 0.400. The van der Waals surface area contributed by atoms with E-state index < -0.39 is 30.4 Å². The summed E-state index contributed by atoms with van der Waals surface area (Å²) in [4.78, 5) is 34.9. The lowest BCUT2D eigenvalue weighted by molar-refractivity contribution is -0.144. The standard InChI is InChI=1S/C21H25ClN2O3.C4H7NO4/c22-19-8-6-18(7-9-19)21(17-4-2-1-3-5-17)24-12-10-23(11-13-24)14-15-27-16-20(25)26;5-2(4(8)9)1-3(6)7/h1-9,21H,10-16H2,(H,25,26);2H,1,5H2,(H,6,7)(H,8,9)/t;2-/m.0/s1. The first-order chi connectivity index (χ1) is 17.2. The van der Waals surface area contributed by atoms with E-state index in [0.717, 1.165) is 37.7 Å². The van der Waals surface area contributed by atoms with Crippen LogP contribution in [-0.4, -0.2) is 95.0 Å². The largest absolute Gasteiger partial charge is 0.481 e. The van der Waals surface area contributed by atoms with E-state index in [0.29, 0.717) is 6.61 Å². The Morgan fingerprint density at radius 3 is 1.97 bits per heavy atom. The van der Waals surface area contributed by atoms with E-state index in [1.807, 2.05) is 18.2 Å². The van der Waals surface area contributed by atoms with Crippen molar-refractivity contribution < 1.29 is 34.4 Å². The van der Waals surface area contributed by atoms with Crippen molar-refractivity contribution in [2.75, 3.05) is 45.9 Å². The summed E-state index contributed by atoms with van der Waals surface area (Å²) >= 11 is 6.08. The van der Waals surface area contributed by atoms with Crippen LogP contribution in [0.4, 0.5) is 0 Å². The van der Waals surface area contributed by atoms with E-state index in [9.17, 15) is 14.4 Å². The van der Waals surface area contributed by atoms with E-state index in [2.05, 4.69) is 46.2 Å². The minimum absolute atomic E-state index is 0.203. The summed E-state index contributed by atoms with van der Waals surface area (Å²) in [6, 6.07) is 17.6. The molecular weight excluding hydrogens is 490 g/mol. The molecule has 0 aromatic heterocycles. The molecule has 1 heterocycles. The number of aliphatic carboxylic acids is 3. The van der Waals surface area contributed by atoms with Gasteiger partial charge in [-0.3, -0.25) is 19.4 Å². The molecule has 0 amide bonds. The molecule has 0 spiro atoms. The Labute approximate surface area is 214 Å². The van der Waals surface area contributed by atoms with Crippen molar-refractivity contribution in [3.63, 3.8) is 0 Å². The Kier molecular flexibility index (Phi) is 12.3. The molecule has 1 fully saturated rings. The zero-order valence-electron chi connectivity index (χ0n) is 19.8. The lowest BCUT2D eigenvalue weighted by Crippen LogP contribution is -2.48. The topological polar surface area (TPSA) is 154 Å². The number of rotatable bonds is 11. The highest BCUT2D eigenvalue weighted by molar-refractivity contribution is 6.30. The van der Waals surface area contributed by atoms with Crippen LogP contribution in [0.25, 0.3) is 0 Å². The van der Waals surface area contributed by atoms with E-state index in [1.54, 1.807) is 0 Å². The molecule has 2 aromatic carbocycles. The quantitative estimate of drug-likeness (QED) is 0.323. The van der Waals surface area contributed by atoms with Crippen molar-refractivity contribution in [2.24, 2.45) is 5.73 Å². The summed E-state index contributed by atoms with van der Waals surface area (Å²) in [5.74, 6) is -3.42. The molecule has 0 bridgehead atoms. The van der Waals surface area contributed by atoms with Crippen molar-refractivity contribution in [3.8, 4) is 0 Å². The third-order valence-electron chi connectivity index (χ3n) is 5.56. The lowest BCUT2D eigenvalue weighted by Gasteiger charge is -2.39. The summed E-state index contributed by atoms with van der Waals surface area (Å²) in [5, 5.41) is 25.4. The average molecular weight is 522 g/mol. The molecule has 0 aliphatic carbocycles. The number of halogens is 1. The molecule has 2 aromatic rings. The van der Waals surface area contributed by atoms with Gasteiger partial charge >= 0.3 is 17.9 Å². The van der Waals surface area contributed by atoms with Gasteiger partial charge in [0.15, 0.2) is 0 Å². The number of benzene rings is 2. The number of nitrogens with two attached hydrogens (primary N) is 1. The van der Waals surface area contributed by atoms with Crippen LogP contribution in [0.15, 0.2) is 54.6 Å². The SMILES string of the molecule is N[C@@H](CC(=O)O)C(=O)O.O=C(O)COCCN1CCN(C(c2ccccc2)c2ccc(Cl)cc2)CC1. The molecular formula is C25H32ClN3O7. The molecule has 3 rings (SSSR count). The molecule has 10 nitrogen and oxygen atoms in total. The van der Waals surface area contributed by atoms with Crippen molar-refractivity contribution in [2.45, 2.75) is 18.5 Å². The van der Waals surface area contributed by atoms with Gasteiger partial charge in [-0.2, -0.15) is 0 Å². The smallest absolute Gasteiger partial charge is 0.329 e. The van der Waals surface area contributed by atoms with Crippen LogP contribution >= 0.6 is 11.6 Å². The first-order valence-electron chi connectivity index (χ1n) is 11.4. The van der Waals surface area contributed by atoms with Crippen LogP contribution in [0.5, 0.6) is 0 Å². The number of carboxylic acids is 3. The van der Waals surface area contributed by atoms with Gasteiger partial charge in [0, 0.05) is 37.7 Å². The molecule has 196 valence electrons. The minimum atomic E-state index is -1.29. The van der Waals surface area contributed by atoms with Gasteiger partial charge in [0.2, 0.25) is 0 Å². The highest BCUT2D eigenvalue weighted by Gasteiger charge is 2.26. The van der Waals surface area contributed by atoms with E-state index in [-0.39, 0.29) is 12.6 Å². The second kappa shape index (κ2) is 15.2. The predicted octanol–water partition coefficient (Wildman–Crippen LogP) is 2.02. The van der Waals surface area contributed by atoms with E-state index >= 15 is 0 Å². The number of carbonyl (C=O) groups is 3. The second-order valence-corrected chi connectivity index (χ2v) is 8.67. The molecule has 1 aliphatic rings. The Balaban J connectivity index is 0.000000434. The summed E-state index contributed by atoms with van der Waals surface area (Å²) in [7, 11) is 0. The fourth-order valence-electron chi connectivity index (χ4n) is 3.77. The fourth-order valence-corrected chi connectivity index (χ4v) is 3.89. The predicted molar refractivity (Wildman–Crippen MR) is 134 cm³/mol. The van der Waals surface area contributed by atoms with E-state index in [4.69, 9.17) is 37.4 Å². The third kappa shape index (κ3) is 10.3. The molecule has 5 N–H and O–H groups in total. The lowest BCUT2D eigenvalue weighted by atomic mass is 9.96. The summed E-state index contributed by atoms with van der Waals surface area (Å²) in [5.41, 5.74) is 7.35. The van der Waals surface area contributed by atoms with Gasteiger partial charge in [-0.15, -0.1) is 0 Å². The third-order valence-corrected chi connectivity index (χ3v) is 5.81. The van der Waals surface area contributed by atoms with Crippen molar-refractivity contribution >= 4 is 29.5 Å². The van der Waals surface area contributed by atoms with Crippen LogP contribution in [0.1, 0.15) is 23.6 Å². The summed E-state index contributed by atoms with van der Waals surface area (Å²) in [6.07, 6.45) is -0.532. The maximum atomic E-state index is 10.5. The maximum Gasteiger partial charge on any atom is 0.329 e. The molecule has 36 heavy (non-hydrogen) atoms. The zero-order chi connectivity index (χ0) is 26.5. The number of piperazine rings is 1. The number of nitrogens with zero attached hydrogens (tertiary/aromatic N) is 2. The zero-order valence-corrected chi connectivity index (χ0v) is 20.6. The Morgan fingerprint density at radius 2 is 1.47 bits per heavy atom. The van der Waals surface area contributed by atoms with Gasteiger partial charge < -0.3 is 25.8 Å². The molecule has 1 unspecified atom stereocenters. The Hall–Kier alpha value is -3.02. The van der Waals surface area contributed by atoms with Crippen molar-refractivity contribution in [1.82, 2.24) is 9.80 Å². The molecule has 0 saturated carbocycles. The molecule has 1 aliphatic heterocycles. The Morgan fingerprint density at radius 1 is 0.889 bits per heavy atom. The average Bonchev–Trinajstić information content (AvgIpc) is 2.84. The summed E-state index contributed by atoms with van der Waals surface area (Å²) < 4.78 is 5.15. The van der Waals surface area contributed by atoms with E-state index in [1.165, 1.54) is 11.1 Å². The Bertz CT molecular complexity index is 967. The van der Waals surface area contributed by atoms with Gasteiger partial charge in [-0.1, -0.05) is 54.1 Å². The van der Waals surface area contributed by atoms with Crippen molar-refractivity contribution in [3.05, 3.63) is 70.7 Å². The van der Waals surface area contributed by atoms with Crippen LogP contribution in [-0.2, 0) is 19.1 Å². The highest BCUT2D eigenvalue weighted by atomic mass is 35.5. The van der Waals surface area contributed by atoms with Gasteiger partial charge in [0.25, 0.3) is 0 Å². The number of hydrogen-bond donors (Lipinski definition) is 4. The normalized spacial score (nSPS) is 15.8. The first-order valence-corrected chi connectivity index (χ1v) is 11.8. The maximum absolute atomic E-state index is 10.5. The molecule has 1 saturated heterocycles. The number of ether oxygens (including phenoxy) is 1. The van der Waals surface area contributed by atoms with Gasteiger partial charge in [0.05, 0.1) is 19.1 Å². The highest BCUT2D eigenvalue weighted by Crippen LogP contribution is 2.30.